The normalized spacial score (nSPS) is 12.6. The molecule has 0 fully saturated rings. The van der Waals surface area contributed by atoms with Gasteiger partial charge in [-0.2, -0.15) is 0 Å². The van der Waals surface area contributed by atoms with Crippen molar-refractivity contribution in [2.24, 2.45) is 0 Å². The molecule has 1 aromatic heterocycles. The number of pyridine rings is 1. The lowest BCUT2D eigenvalue weighted by atomic mass is 10.5. The first kappa shape index (κ1) is 13.5. The maximum absolute atomic E-state index is 11.9. The number of alkyl halides is 3. The molecular weight excluding hydrogens is 338 g/mol. The second kappa shape index (κ2) is 4.38. The van der Waals surface area contributed by atoms with Crippen molar-refractivity contribution in [2.75, 3.05) is 0 Å². The van der Waals surface area contributed by atoms with Crippen molar-refractivity contribution >= 4 is 35.7 Å². The van der Waals surface area contributed by atoms with Crippen LogP contribution in [0.2, 0.25) is 0 Å². The van der Waals surface area contributed by atoms with Crippen LogP contribution in [0.1, 0.15) is 0 Å². The van der Waals surface area contributed by atoms with Gasteiger partial charge in [0.1, 0.15) is 4.90 Å². The van der Waals surface area contributed by atoms with Crippen LogP contribution in [0.5, 0.6) is 5.75 Å². The zero-order chi connectivity index (χ0) is 12.6. The third kappa shape index (κ3) is 3.49. The lowest BCUT2D eigenvalue weighted by Gasteiger charge is -2.10. The fourth-order valence-corrected chi connectivity index (χ4v) is 2.83. The Kier molecular flexibility index (Phi) is 3.70. The largest absolute Gasteiger partial charge is 0.573 e. The first-order valence-electron chi connectivity index (χ1n) is 3.45. The maximum atomic E-state index is 11.9. The van der Waals surface area contributed by atoms with Crippen molar-refractivity contribution < 1.29 is 26.3 Å². The molecule has 1 rings (SSSR count). The molecule has 0 aliphatic carbocycles. The molecule has 0 spiro atoms. The van der Waals surface area contributed by atoms with E-state index in [9.17, 15) is 21.6 Å². The van der Waals surface area contributed by atoms with Crippen molar-refractivity contribution in [3.63, 3.8) is 0 Å². The molecule has 16 heavy (non-hydrogen) atoms. The minimum Gasteiger partial charge on any atom is -0.403 e. The molecule has 0 aliphatic rings. The Bertz CT molecular complexity index is 504. The van der Waals surface area contributed by atoms with E-state index in [4.69, 9.17) is 10.7 Å². The Morgan fingerprint density at radius 3 is 2.38 bits per heavy atom. The highest BCUT2D eigenvalue weighted by molar-refractivity contribution is 9.10. The number of hydrogen-bond donors (Lipinski definition) is 0. The summed E-state index contributed by atoms with van der Waals surface area (Å²) in [6.45, 7) is 0. The van der Waals surface area contributed by atoms with E-state index in [1.54, 1.807) is 0 Å². The number of hydrogen-bond acceptors (Lipinski definition) is 4. The summed E-state index contributed by atoms with van der Waals surface area (Å²) in [5, 5.41) is 0. The van der Waals surface area contributed by atoms with E-state index in [0.29, 0.717) is 6.20 Å². The van der Waals surface area contributed by atoms with E-state index in [1.165, 1.54) is 0 Å². The van der Waals surface area contributed by atoms with E-state index in [-0.39, 0.29) is 0 Å². The Balaban J connectivity index is 3.25. The van der Waals surface area contributed by atoms with Gasteiger partial charge in [0.15, 0.2) is 5.75 Å². The van der Waals surface area contributed by atoms with Crippen LogP contribution >= 0.6 is 26.6 Å². The molecule has 90 valence electrons. The van der Waals surface area contributed by atoms with Gasteiger partial charge in [-0.25, -0.2) is 8.42 Å². The topological polar surface area (TPSA) is 56.3 Å². The van der Waals surface area contributed by atoms with Crippen LogP contribution < -0.4 is 4.74 Å². The van der Waals surface area contributed by atoms with Crippen LogP contribution in [0.4, 0.5) is 13.2 Å². The summed E-state index contributed by atoms with van der Waals surface area (Å²) in [6.07, 6.45) is -3.43. The van der Waals surface area contributed by atoms with Gasteiger partial charge in [0, 0.05) is 16.9 Å². The van der Waals surface area contributed by atoms with Gasteiger partial charge in [0.2, 0.25) is 0 Å². The average molecular weight is 341 g/mol. The molecule has 0 radical (unpaired) electrons. The van der Waals surface area contributed by atoms with E-state index >= 15 is 0 Å². The summed E-state index contributed by atoms with van der Waals surface area (Å²) >= 11 is 2.64. The lowest BCUT2D eigenvalue weighted by Crippen LogP contribution is -2.18. The van der Waals surface area contributed by atoms with Crippen molar-refractivity contribution in [3.05, 3.63) is 16.9 Å². The maximum Gasteiger partial charge on any atom is 0.573 e. The highest BCUT2D eigenvalue weighted by atomic mass is 79.9. The SMILES string of the molecule is O=S(=O)(Cl)c1cncc(OC(F)(F)F)c1Br. The second-order valence-corrected chi connectivity index (χ2v) is 5.76. The lowest BCUT2D eigenvalue weighted by molar-refractivity contribution is -0.275. The monoisotopic (exact) mass is 339 g/mol. The number of ether oxygens (including phenoxy) is 1. The van der Waals surface area contributed by atoms with E-state index in [2.05, 4.69) is 25.7 Å². The Morgan fingerprint density at radius 2 is 1.94 bits per heavy atom. The van der Waals surface area contributed by atoms with Crippen LogP contribution in [0.3, 0.4) is 0 Å². The van der Waals surface area contributed by atoms with Gasteiger partial charge in [-0.05, 0) is 15.9 Å². The minimum atomic E-state index is -4.95. The van der Waals surface area contributed by atoms with E-state index in [1.807, 2.05) is 0 Å². The van der Waals surface area contributed by atoms with Crippen molar-refractivity contribution in [2.45, 2.75) is 11.3 Å². The predicted molar refractivity (Wildman–Crippen MR) is 51.7 cm³/mol. The van der Waals surface area contributed by atoms with E-state index in [0.717, 1.165) is 6.20 Å². The summed E-state index contributed by atoms with van der Waals surface area (Å²) in [6, 6.07) is 0. The van der Waals surface area contributed by atoms with Crippen molar-refractivity contribution in [1.82, 2.24) is 4.98 Å². The van der Waals surface area contributed by atoms with Crippen molar-refractivity contribution in [3.8, 4) is 5.75 Å². The zero-order valence-corrected chi connectivity index (χ0v) is 10.3. The molecule has 0 bridgehead atoms. The van der Waals surface area contributed by atoms with Crippen LogP contribution in [0.15, 0.2) is 21.8 Å². The molecular formula is C6H2BrClF3NO3S. The van der Waals surface area contributed by atoms with Crippen LogP contribution in [0, 0.1) is 0 Å². The molecule has 0 unspecified atom stereocenters. The van der Waals surface area contributed by atoms with Crippen LogP contribution in [0.25, 0.3) is 0 Å². The van der Waals surface area contributed by atoms with Gasteiger partial charge >= 0.3 is 6.36 Å². The smallest absolute Gasteiger partial charge is 0.403 e. The van der Waals surface area contributed by atoms with Gasteiger partial charge in [-0.1, -0.05) is 0 Å². The molecule has 0 amide bonds. The number of nitrogens with zero attached hydrogens (tertiary/aromatic N) is 1. The quantitative estimate of drug-likeness (QED) is 0.777. The summed E-state index contributed by atoms with van der Waals surface area (Å²) < 4.78 is 60.6. The Labute approximate surface area is 101 Å². The molecule has 0 N–H and O–H groups in total. The molecule has 1 aromatic rings. The zero-order valence-electron chi connectivity index (χ0n) is 7.12. The summed E-state index contributed by atoms with van der Waals surface area (Å²) in [5.74, 6) is -0.783. The summed E-state index contributed by atoms with van der Waals surface area (Å²) in [7, 11) is 0.776. The molecule has 1 heterocycles. The molecule has 0 aromatic carbocycles. The van der Waals surface area contributed by atoms with Crippen LogP contribution in [-0.4, -0.2) is 19.8 Å². The van der Waals surface area contributed by atoms with Crippen molar-refractivity contribution in [1.29, 1.82) is 0 Å². The van der Waals surface area contributed by atoms with E-state index < -0.39 is 30.5 Å². The van der Waals surface area contributed by atoms with Gasteiger partial charge in [-0.3, -0.25) is 4.98 Å². The average Bonchev–Trinajstić information content (AvgIpc) is 2.04. The fraction of sp³-hybridized carbons (Fsp3) is 0.167. The summed E-state index contributed by atoms with van der Waals surface area (Å²) in [5.41, 5.74) is 0. The van der Waals surface area contributed by atoms with Gasteiger partial charge in [0.05, 0.1) is 10.7 Å². The third-order valence-electron chi connectivity index (χ3n) is 1.30. The number of aromatic nitrogens is 1. The standard InChI is InChI=1S/C6H2BrClF3NO3S/c7-5-3(15-6(9,10)11)1-12-2-4(5)16(8,13)14/h1-2H. The third-order valence-corrected chi connectivity index (χ3v) is 3.72. The minimum absolute atomic E-state index is 0.435. The number of halogens is 5. The van der Waals surface area contributed by atoms with Crippen LogP contribution in [-0.2, 0) is 9.05 Å². The molecule has 0 aliphatic heterocycles. The molecule has 10 heteroatoms. The molecule has 0 saturated carbocycles. The Hall–Kier alpha value is -0.540. The first-order chi connectivity index (χ1) is 7.11. The highest BCUT2D eigenvalue weighted by Gasteiger charge is 2.33. The molecule has 0 saturated heterocycles. The van der Waals surface area contributed by atoms with Gasteiger partial charge < -0.3 is 4.74 Å². The predicted octanol–water partition coefficient (Wildman–Crippen LogP) is 2.67. The second-order valence-electron chi connectivity index (χ2n) is 2.44. The number of rotatable bonds is 2. The first-order valence-corrected chi connectivity index (χ1v) is 6.55. The Morgan fingerprint density at radius 1 is 1.38 bits per heavy atom. The highest BCUT2D eigenvalue weighted by Crippen LogP contribution is 2.35. The van der Waals surface area contributed by atoms with Gasteiger partial charge in [0.25, 0.3) is 9.05 Å². The molecule has 0 atom stereocenters. The molecule has 4 nitrogen and oxygen atoms in total. The summed E-state index contributed by atoms with van der Waals surface area (Å²) in [4.78, 5) is 2.68. The van der Waals surface area contributed by atoms with Gasteiger partial charge in [-0.15, -0.1) is 13.2 Å². The fourth-order valence-electron chi connectivity index (χ4n) is 0.773.